The van der Waals surface area contributed by atoms with Crippen molar-refractivity contribution in [2.24, 2.45) is 0 Å². The minimum atomic E-state index is -0.178. The molecular formula is C13H18BrNO2. The van der Waals surface area contributed by atoms with Crippen molar-refractivity contribution >= 4 is 21.9 Å². The van der Waals surface area contributed by atoms with Gasteiger partial charge in [0, 0.05) is 17.1 Å². The molecule has 0 aliphatic rings. The van der Waals surface area contributed by atoms with Gasteiger partial charge in [0.25, 0.3) is 0 Å². The molecule has 3 nitrogen and oxygen atoms in total. The summed E-state index contributed by atoms with van der Waals surface area (Å²) >= 11 is 3.42. The molecular weight excluding hydrogens is 282 g/mol. The molecule has 0 aromatic heterocycles. The second-order valence-electron chi connectivity index (χ2n) is 3.79. The van der Waals surface area contributed by atoms with Crippen molar-refractivity contribution in [3.05, 3.63) is 34.3 Å². The third kappa shape index (κ3) is 4.88. The molecule has 0 spiro atoms. The Morgan fingerprint density at radius 3 is 2.59 bits per heavy atom. The first-order chi connectivity index (χ1) is 8.17. The second-order valence-corrected chi connectivity index (χ2v) is 4.71. The molecule has 1 atom stereocenters. The van der Waals surface area contributed by atoms with Gasteiger partial charge in [-0.15, -0.1) is 0 Å². The Balaban J connectivity index is 2.48. The van der Waals surface area contributed by atoms with Crippen molar-refractivity contribution in [2.45, 2.75) is 25.8 Å². The van der Waals surface area contributed by atoms with Gasteiger partial charge in [0.15, 0.2) is 0 Å². The Hall–Kier alpha value is -0.870. The third-order valence-corrected chi connectivity index (χ3v) is 3.16. The summed E-state index contributed by atoms with van der Waals surface area (Å²) in [5.41, 5.74) is 1.24. The van der Waals surface area contributed by atoms with Gasteiger partial charge in [-0.3, -0.25) is 4.79 Å². The van der Waals surface area contributed by atoms with Crippen LogP contribution in [0.4, 0.5) is 0 Å². The summed E-state index contributed by atoms with van der Waals surface area (Å²) in [6.07, 6.45) is 1.40. The molecule has 0 saturated heterocycles. The van der Waals surface area contributed by atoms with Crippen LogP contribution in [-0.4, -0.2) is 19.6 Å². The van der Waals surface area contributed by atoms with Crippen molar-refractivity contribution in [1.29, 1.82) is 0 Å². The van der Waals surface area contributed by atoms with Gasteiger partial charge in [0.2, 0.25) is 0 Å². The minimum absolute atomic E-state index is 0.178. The Kier molecular flexibility index (Phi) is 6.22. The number of hydrogen-bond acceptors (Lipinski definition) is 3. The predicted molar refractivity (Wildman–Crippen MR) is 71.8 cm³/mol. The standard InChI is InChI=1S/C13H18BrNO2/c1-3-12(15-9-8-13(16)17-2)10-4-6-11(14)7-5-10/h4-7,12,15H,3,8-9H2,1-2H3. The molecule has 0 radical (unpaired) electrons. The molecule has 94 valence electrons. The lowest BCUT2D eigenvalue weighted by molar-refractivity contribution is -0.140. The van der Waals surface area contributed by atoms with Crippen molar-refractivity contribution in [1.82, 2.24) is 5.32 Å². The van der Waals surface area contributed by atoms with Gasteiger partial charge in [-0.2, -0.15) is 0 Å². The highest BCUT2D eigenvalue weighted by Crippen LogP contribution is 2.19. The van der Waals surface area contributed by atoms with E-state index in [9.17, 15) is 4.79 Å². The number of halogens is 1. The summed E-state index contributed by atoms with van der Waals surface area (Å²) in [6.45, 7) is 2.76. The normalized spacial score (nSPS) is 12.2. The molecule has 0 heterocycles. The summed E-state index contributed by atoms with van der Waals surface area (Å²) in [4.78, 5) is 11.0. The van der Waals surface area contributed by atoms with Crippen molar-refractivity contribution in [3.8, 4) is 0 Å². The van der Waals surface area contributed by atoms with E-state index in [0.29, 0.717) is 13.0 Å². The molecule has 1 aromatic carbocycles. The number of rotatable bonds is 6. The predicted octanol–water partition coefficient (Wildman–Crippen LogP) is 3.05. The van der Waals surface area contributed by atoms with Crippen LogP contribution in [0.1, 0.15) is 31.4 Å². The van der Waals surface area contributed by atoms with Gasteiger partial charge < -0.3 is 10.1 Å². The Morgan fingerprint density at radius 2 is 2.06 bits per heavy atom. The first-order valence-corrected chi connectivity index (χ1v) is 6.52. The maximum absolute atomic E-state index is 11.0. The van der Waals surface area contributed by atoms with E-state index in [2.05, 4.69) is 45.0 Å². The van der Waals surface area contributed by atoms with Crippen molar-refractivity contribution in [3.63, 3.8) is 0 Å². The molecule has 0 bridgehead atoms. The lowest BCUT2D eigenvalue weighted by atomic mass is 10.0. The van der Waals surface area contributed by atoms with Crippen LogP contribution in [-0.2, 0) is 9.53 Å². The maximum atomic E-state index is 11.0. The van der Waals surface area contributed by atoms with Gasteiger partial charge in [-0.1, -0.05) is 35.0 Å². The molecule has 1 unspecified atom stereocenters. The van der Waals surface area contributed by atoms with E-state index in [4.69, 9.17) is 0 Å². The number of nitrogens with one attached hydrogen (secondary N) is 1. The van der Waals surface area contributed by atoms with E-state index in [1.54, 1.807) is 0 Å². The van der Waals surface area contributed by atoms with Gasteiger partial charge in [-0.05, 0) is 24.1 Å². The largest absolute Gasteiger partial charge is 0.469 e. The molecule has 4 heteroatoms. The Bertz CT molecular complexity index is 351. The number of carbonyl (C=O) groups excluding carboxylic acids is 1. The van der Waals surface area contributed by atoms with Crippen LogP contribution in [0.25, 0.3) is 0 Å². The van der Waals surface area contributed by atoms with Crippen LogP contribution >= 0.6 is 15.9 Å². The molecule has 17 heavy (non-hydrogen) atoms. The van der Waals surface area contributed by atoms with Crippen molar-refractivity contribution < 1.29 is 9.53 Å². The van der Waals surface area contributed by atoms with Gasteiger partial charge in [-0.25, -0.2) is 0 Å². The highest BCUT2D eigenvalue weighted by molar-refractivity contribution is 9.10. The molecule has 1 N–H and O–H groups in total. The number of carbonyl (C=O) groups is 1. The quantitative estimate of drug-likeness (QED) is 0.821. The number of methoxy groups -OCH3 is 1. The van der Waals surface area contributed by atoms with Crippen molar-refractivity contribution in [2.75, 3.05) is 13.7 Å². The zero-order chi connectivity index (χ0) is 12.7. The fourth-order valence-electron chi connectivity index (χ4n) is 1.64. The maximum Gasteiger partial charge on any atom is 0.306 e. The molecule has 1 rings (SSSR count). The van der Waals surface area contributed by atoms with Crippen LogP contribution in [0.2, 0.25) is 0 Å². The first-order valence-electron chi connectivity index (χ1n) is 5.73. The topological polar surface area (TPSA) is 38.3 Å². The van der Waals surface area contributed by atoms with E-state index >= 15 is 0 Å². The van der Waals surface area contributed by atoms with E-state index in [1.807, 2.05) is 12.1 Å². The highest BCUT2D eigenvalue weighted by atomic mass is 79.9. The van der Waals surface area contributed by atoms with E-state index in [-0.39, 0.29) is 12.0 Å². The minimum Gasteiger partial charge on any atom is -0.469 e. The molecule has 0 fully saturated rings. The first kappa shape index (κ1) is 14.2. The summed E-state index contributed by atoms with van der Waals surface area (Å²) < 4.78 is 5.68. The average molecular weight is 300 g/mol. The summed E-state index contributed by atoms with van der Waals surface area (Å²) in [5.74, 6) is -0.178. The Morgan fingerprint density at radius 1 is 1.41 bits per heavy atom. The molecule has 0 amide bonds. The smallest absolute Gasteiger partial charge is 0.306 e. The van der Waals surface area contributed by atoms with Crippen LogP contribution in [0.5, 0.6) is 0 Å². The highest BCUT2D eigenvalue weighted by Gasteiger charge is 2.09. The zero-order valence-electron chi connectivity index (χ0n) is 10.2. The van der Waals surface area contributed by atoms with Gasteiger partial charge in [0.1, 0.15) is 0 Å². The third-order valence-electron chi connectivity index (χ3n) is 2.63. The Labute approximate surface area is 111 Å². The zero-order valence-corrected chi connectivity index (χ0v) is 11.8. The van der Waals surface area contributed by atoms with Crippen LogP contribution in [0.15, 0.2) is 28.7 Å². The molecule has 1 aromatic rings. The van der Waals surface area contributed by atoms with E-state index in [1.165, 1.54) is 12.7 Å². The number of ether oxygens (including phenoxy) is 1. The number of hydrogen-bond donors (Lipinski definition) is 1. The van der Waals surface area contributed by atoms with Crippen LogP contribution in [0.3, 0.4) is 0 Å². The lowest BCUT2D eigenvalue weighted by Gasteiger charge is -2.17. The number of esters is 1. The molecule has 0 aliphatic carbocycles. The fraction of sp³-hybridized carbons (Fsp3) is 0.462. The van der Waals surface area contributed by atoms with E-state index < -0.39 is 0 Å². The summed E-state index contributed by atoms with van der Waals surface area (Å²) in [5, 5.41) is 3.35. The van der Waals surface area contributed by atoms with E-state index in [0.717, 1.165) is 10.9 Å². The van der Waals surface area contributed by atoms with Gasteiger partial charge in [0.05, 0.1) is 13.5 Å². The van der Waals surface area contributed by atoms with Gasteiger partial charge >= 0.3 is 5.97 Å². The monoisotopic (exact) mass is 299 g/mol. The number of benzene rings is 1. The summed E-state index contributed by atoms with van der Waals surface area (Å²) in [7, 11) is 1.41. The molecule has 0 aliphatic heterocycles. The van der Waals surface area contributed by atoms with Crippen LogP contribution in [0, 0.1) is 0 Å². The fourth-order valence-corrected chi connectivity index (χ4v) is 1.91. The summed E-state index contributed by atoms with van der Waals surface area (Å²) in [6, 6.07) is 8.51. The molecule has 0 saturated carbocycles. The average Bonchev–Trinajstić information content (AvgIpc) is 2.35. The lowest BCUT2D eigenvalue weighted by Crippen LogP contribution is -2.24. The second kappa shape index (κ2) is 7.45. The van der Waals surface area contributed by atoms with Crippen LogP contribution < -0.4 is 5.32 Å². The SMILES string of the molecule is CCC(NCCC(=O)OC)c1ccc(Br)cc1.